The summed E-state index contributed by atoms with van der Waals surface area (Å²) < 4.78 is 19.7. The molecule has 2 aliphatic rings. The van der Waals surface area contributed by atoms with Gasteiger partial charge in [0.2, 0.25) is 0 Å². The molecule has 0 amide bonds. The summed E-state index contributed by atoms with van der Waals surface area (Å²) in [5.41, 5.74) is 1.44. The second kappa shape index (κ2) is 9.50. The van der Waals surface area contributed by atoms with Gasteiger partial charge in [-0.1, -0.05) is 12.1 Å². The molecule has 1 unspecified atom stereocenters. The quantitative estimate of drug-likeness (QED) is 0.563. The standard InChI is InChI=1S/C22H21BrFN3O4S/c1-31-22(30)15-17(11-5-7-12(8-6-11)21(28)29)26-19(20-25-9-10-32-20)27-18(15)13-3-2-4-14(24)16(13)23/h2-4,9-12,18H,5-8H2,1H3,(H,26,27)(H,28,29)/t11-,12-,18?. The summed E-state index contributed by atoms with van der Waals surface area (Å²) in [5.74, 6) is -1.80. The minimum atomic E-state index is -0.806. The van der Waals surface area contributed by atoms with Crippen LogP contribution in [0.4, 0.5) is 4.39 Å². The molecule has 1 atom stereocenters. The van der Waals surface area contributed by atoms with Gasteiger partial charge in [-0.3, -0.25) is 9.79 Å². The Balaban J connectivity index is 1.83. The number of benzene rings is 1. The van der Waals surface area contributed by atoms with E-state index in [2.05, 4.69) is 26.2 Å². The Morgan fingerprint density at radius 1 is 1.28 bits per heavy atom. The Kier molecular flexibility index (Phi) is 6.71. The van der Waals surface area contributed by atoms with E-state index >= 15 is 0 Å². The second-order valence-electron chi connectivity index (χ2n) is 7.69. The summed E-state index contributed by atoms with van der Waals surface area (Å²) in [6.07, 6.45) is 3.88. The zero-order valence-electron chi connectivity index (χ0n) is 17.2. The van der Waals surface area contributed by atoms with Gasteiger partial charge in [0.05, 0.1) is 23.1 Å². The zero-order valence-corrected chi connectivity index (χ0v) is 19.6. The number of hydrogen-bond donors (Lipinski definition) is 2. The Bertz CT molecular complexity index is 1090. The summed E-state index contributed by atoms with van der Waals surface area (Å²) in [5, 5.41) is 15.1. The molecule has 0 bridgehead atoms. The third-order valence-corrected chi connectivity index (χ3v) is 7.49. The molecular weight excluding hydrogens is 501 g/mol. The SMILES string of the molecule is COC(=O)C1=C([C@H]2CC[C@H](C(=O)O)CC2)NC(c2nccs2)=NC1c1cccc(F)c1Br. The summed E-state index contributed by atoms with van der Waals surface area (Å²) in [7, 11) is 1.30. The van der Waals surface area contributed by atoms with Gasteiger partial charge in [-0.25, -0.2) is 14.2 Å². The van der Waals surface area contributed by atoms with Gasteiger partial charge in [-0.05, 0) is 59.2 Å². The van der Waals surface area contributed by atoms with E-state index in [-0.39, 0.29) is 10.4 Å². The lowest BCUT2D eigenvalue weighted by Crippen LogP contribution is -2.38. The molecule has 32 heavy (non-hydrogen) atoms. The van der Waals surface area contributed by atoms with E-state index in [4.69, 9.17) is 9.73 Å². The highest BCUT2D eigenvalue weighted by molar-refractivity contribution is 9.10. The number of methoxy groups -OCH3 is 1. The van der Waals surface area contributed by atoms with Gasteiger partial charge in [0.15, 0.2) is 10.8 Å². The summed E-state index contributed by atoms with van der Waals surface area (Å²) >= 11 is 4.70. The van der Waals surface area contributed by atoms with Crippen LogP contribution in [-0.2, 0) is 14.3 Å². The number of carbonyl (C=O) groups is 2. The van der Waals surface area contributed by atoms with Crippen molar-refractivity contribution in [2.75, 3.05) is 7.11 Å². The number of rotatable bonds is 5. The smallest absolute Gasteiger partial charge is 0.338 e. The Hall–Kier alpha value is -2.59. The van der Waals surface area contributed by atoms with Gasteiger partial charge in [-0.2, -0.15) is 0 Å². The summed E-state index contributed by atoms with van der Waals surface area (Å²) in [6.45, 7) is 0. The molecule has 1 aliphatic heterocycles. The first-order chi connectivity index (χ1) is 15.4. The minimum absolute atomic E-state index is 0.0833. The molecule has 1 aromatic carbocycles. The van der Waals surface area contributed by atoms with E-state index in [1.54, 1.807) is 18.3 Å². The van der Waals surface area contributed by atoms with Crippen molar-refractivity contribution >= 4 is 45.0 Å². The zero-order chi connectivity index (χ0) is 22.8. The van der Waals surface area contributed by atoms with Crippen molar-refractivity contribution in [3.8, 4) is 0 Å². The number of aromatic nitrogens is 1. The van der Waals surface area contributed by atoms with E-state index in [1.165, 1.54) is 24.5 Å². The Morgan fingerprint density at radius 2 is 2.03 bits per heavy atom. The molecule has 2 N–H and O–H groups in total. The van der Waals surface area contributed by atoms with Crippen LogP contribution in [0.5, 0.6) is 0 Å². The second-order valence-corrected chi connectivity index (χ2v) is 9.38. The van der Waals surface area contributed by atoms with Crippen molar-refractivity contribution in [1.82, 2.24) is 10.3 Å². The fraction of sp³-hybridized carbons (Fsp3) is 0.364. The van der Waals surface area contributed by atoms with Gasteiger partial charge in [-0.15, -0.1) is 11.3 Å². The number of allylic oxidation sites excluding steroid dienone is 1. The van der Waals surface area contributed by atoms with Crippen LogP contribution >= 0.6 is 27.3 Å². The van der Waals surface area contributed by atoms with Crippen LogP contribution in [0, 0.1) is 17.7 Å². The molecule has 7 nitrogen and oxygen atoms in total. The molecular formula is C22H21BrFN3O4S. The van der Waals surface area contributed by atoms with Crippen LogP contribution < -0.4 is 5.32 Å². The van der Waals surface area contributed by atoms with Crippen molar-refractivity contribution in [2.45, 2.75) is 31.7 Å². The highest BCUT2D eigenvalue weighted by Crippen LogP contribution is 2.42. The molecule has 2 aromatic rings. The van der Waals surface area contributed by atoms with Crippen molar-refractivity contribution < 1.29 is 23.8 Å². The lowest BCUT2D eigenvalue weighted by molar-refractivity contribution is -0.143. The number of aliphatic imine (C=N–C) groups is 1. The molecule has 10 heteroatoms. The number of carboxylic acids is 1. The number of nitrogens with zero attached hydrogens (tertiary/aromatic N) is 2. The summed E-state index contributed by atoms with van der Waals surface area (Å²) in [4.78, 5) is 33.4. The van der Waals surface area contributed by atoms with Crippen LogP contribution in [0.15, 0.2) is 50.5 Å². The largest absolute Gasteiger partial charge is 0.481 e. The molecule has 1 aromatic heterocycles. The highest BCUT2D eigenvalue weighted by Gasteiger charge is 2.38. The first kappa shape index (κ1) is 22.6. The monoisotopic (exact) mass is 521 g/mol. The van der Waals surface area contributed by atoms with E-state index in [1.807, 2.05) is 5.38 Å². The number of hydrogen-bond acceptors (Lipinski definition) is 7. The van der Waals surface area contributed by atoms with Gasteiger partial charge in [0, 0.05) is 17.3 Å². The van der Waals surface area contributed by atoms with Gasteiger partial charge in [0.25, 0.3) is 0 Å². The number of halogens is 2. The van der Waals surface area contributed by atoms with Crippen LogP contribution in [0.25, 0.3) is 0 Å². The molecule has 1 fully saturated rings. The topological polar surface area (TPSA) is 101 Å². The maximum atomic E-state index is 14.4. The van der Waals surface area contributed by atoms with Crippen molar-refractivity contribution in [3.05, 3.63) is 61.9 Å². The average molecular weight is 522 g/mol. The molecule has 2 heterocycles. The number of aliphatic carboxylic acids is 1. The van der Waals surface area contributed by atoms with Crippen LogP contribution in [0.2, 0.25) is 0 Å². The molecule has 0 radical (unpaired) electrons. The van der Waals surface area contributed by atoms with Crippen molar-refractivity contribution in [2.24, 2.45) is 16.8 Å². The minimum Gasteiger partial charge on any atom is -0.481 e. The normalized spacial score (nSPS) is 23.3. The maximum Gasteiger partial charge on any atom is 0.338 e. The number of carbonyl (C=O) groups excluding carboxylic acids is 1. The number of amidine groups is 1. The molecule has 1 saturated carbocycles. The highest BCUT2D eigenvalue weighted by atomic mass is 79.9. The van der Waals surface area contributed by atoms with Crippen LogP contribution in [0.3, 0.4) is 0 Å². The third kappa shape index (κ3) is 4.33. The molecule has 0 spiro atoms. The van der Waals surface area contributed by atoms with Gasteiger partial charge in [0.1, 0.15) is 11.9 Å². The Labute approximate surface area is 196 Å². The lowest BCUT2D eigenvalue weighted by atomic mass is 9.78. The third-order valence-electron chi connectivity index (χ3n) is 5.88. The number of esters is 1. The van der Waals surface area contributed by atoms with Gasteiger partial charge < -0.3 is 15.2 Å². The number of nitrogens with one attached hydrogen (secondary N) is 1. The molecule has 4 rings (SSSR count). The maximum absolute atomic E-state index is 14.4. The fourth-order valence-electron chi connectivity index (χ4n) is 4.26. The molecule has 168 valence electrons. The van der Waals surface area contributed by atoms with Crippen molar-refractivity contribution in [1.29, 1.82) is 0 Å². The predicted octanol–water partition coefficient (Wildman–Crippen LogP) is 4.45. The molecule has 1 aliphatic carbocycles. The van der Waals surface area contributed by atoms with Crippen molar-refractivity contribution in [3.63, 3.8) is 0 Å². The van der Waals surface area contributed by atoms with E-state index in [0.29, 0.717) is 53.4 Å². The van der Waals surface area contributed by atoms with E-state index < -0.39 is 29.7 Å². The lowest BCUT2D eigenvalue weighted by Gasteiger charge is -2.34. The summed E-state index contributed by atoms with van der Waals surface area (Å²) in [6, 6.07) is 3.81. The van der Waals surface area contributed by atoms with Crippen LogP contribution in [0.1, 0.15) is 42.3 Å². The first-order valence-electron chi connectivity index (χ1n) is 10.1. The van der Waals surface area contributed by atoms with E-state index in [0.717, 1.165) is 0 Å². The molecule has 0 saturated heterocycles. The predicted molar refractivity (Wildman–Crippen MR) is 121 cm³/mol. The van der Waals surface area contributed by atoms with E-state index in [9.17, 15) is 19.1 Å². The Morgan fingerprint density at radius 3 is 2.66 bits per heavy atom. The number of carboxylic acid groups (broad SMARTS) is 1. The van der Waals surface area contributed by atoms with Crippen LogP contribution in [-0.4, -0.2) is 35.0 Å². The first-order valence-corrected chi connectivity index (χ1v) is 11.8. The number of thiazole rings is 1. The number of ether oxygens (including phenoxy) is 1. The fourth-order valence-corrected chi connectivity index (χ4v) is 5.33. The average Bonchev–Trinajstić information content (AvgIpc) is 3.35. The van der Waals surface area contributed by atoms with Gasteiger partial charge >= 0.3 is 11.9 Å².